The molecule has 1 rings (SSSR count). The molecule has 4 heteroatoms. The number of rotatable bonds is 5. The number of hydrogen-bond donors (Lipinski definition) is 1. The zero-order valence-corrected chi connectivity index (χ0v) is 8.05. The summed E-state index contributed by atoms with van der Waals surface area (Å²) in [6.07, 6.45) is 3.65. The number of hydrogen-bond acceptors (Lipinski definition) is 3. The molecular weight excluding hydrogens is 172 g/mol. The van der Waals surface area contributed by atoms with Gasteiger partial charge >= 0.3 is 0 Å². The number of aliphatic hydroxyl groups is 1. The topological polar surface area (TPSA) is 38.0 Å². The minimum Gasteiger partial charge on any atom is -0.390 e. The van der Waals surface area contributed by atoms with Crippen molar-refractivity contribution in [3.63, 3.8) is 0 Å². The number of aromatic nitrogens is 2. The molecule has 0 unspecified atom stereocenters. The molecule has 0 atom stereocenters. The lowest BCUT2D eigenvalue weighted by molar-refractivity contribution is 0.277. The molecule has 1 N–H and O–H groups in total. The third kappa shape index (κ3) is 2.87. The van der Waals surface area contributed by atoms with Gasteiger partial charge in [-0.15, -0.1) is 0 Å². The van der Waals surface area contributed by atoms with Gasteiger partial charge in [-0.2, -0.15) is 11.8 Å². The van der Waals surface area contributed by atoms with Gasteiger partial charge in [0.25, 0.3) is 0 Å². The maximum Gasteiger partial charge on any atom is 0.0950 e. The van der Waals surface area contributed by atoms with E-state index >= 15 is 0 Å². The maximum atomic E-state index is 8.74. The summed E-state index contributed by atoms with van der Waals surface area (Å²) in [5, 5.41) is 8.74. The summed E-state index contributed by atoms with van der Waals surface area (Å²) < 4.78 is 2.01. The molecule has 0 saturated carbocycles. The predicted octanol–water partition coefficient (Wildman–Crippen LogP) is 1.13. The van der Waals surface area contributed by atoms with Crippen molar-refractivity contribution in [1.82, 2.24) is 9.55 Å². The highest BCUT2D eigenvalue weighted by Crippen LogP contribution is 2.01. The molecule has 0 aliphatic heterocycles. The fourth-order valence-electron chi connectivity index (χ4n) is 0.925. The average Bonchev–Trinajstić information content (AvgIpc) is 2.53. The summed E-state index contributed by atoms with van der Waals surface area (Å²) in [7, 11) is 0. The van der Waals surface area contributed by atoms with Crippen molar-refractivity contribution in [1.29, 1.82) is 0 Å². The SMILES string of the molecule is CCSCCn1cnc(CO)c1. The highest BCUT2D eigenvalue weighted by molar-refractivity contribution is 7.99. The standard InChI is InChI=1S/C8H14N2OS/c1-2-12-4-3-10-5-8(6-11)9-7-10/h5,7,11H,2-4,6H2,1H3. The Hall–Kier alpha value is -0.480. The molecule has 0 saturated heterocycles. The van der Waals surface area contributed by atoms with Gasteiger partial charge in [0.1, 0.15) is 0 Å². The summed E-state index contributed by atoms with van der Waals surface area (Å²) >= 11 is 1.91. The van der Waals surface area contributed by atoms with E-state index < -0.39 is 0 Å². The summed E-state index contributed by atoms with van der Waals surface area (Å²) in [5.74, 6) is 2.26. The molecule has 3 nitrogen and oxygen atoms in total. The Morgan fingerprint density at radius 2 is 2.50 bits per heavy atom. The number of thioether (sulfide) groups is 1. The first kappa shape index (κ1) is 9.61. The lowest BCUT2D eigenvalue weighted by atomic mass is 10.5. The van der Waals surface area contributed by atoms with Crippen molar-refractivity contribution in [2.45, 2.75) is 20.1 Å². The number of imidazole rings is 1. The number of aliphatic hydroxyl groups excluding tert-OH is 1. The van der Waals surface area contributed by atoms with E-state index in [1.807, 2.05) is 22.5 Å². The molecule has 0 radical (unpaired) electrons. The van der Waals surface area contributed by atoms with Gasteiger partial charge in [-0.05, 0) is 5.75 Å². The molecule has 0 aromatic carbocycles. The van der Waals surface area contributed by atoms with Gasteiger partial charge in [-0.25, -0.2) is 4.98 Å². The molecule has 0 aliphatic carbocycles. The van der Waals surface area contributed by atoms with Gasteiger partial charge in [-0.3, -0.25) is 0 Å². The van der Waals surface area contributed by atoms with E-state index in [1.54, 1.807) is 6.33 Å². The fourth-order valence-corrected chi connectivity index (χ4v) is 1.55. The number of nitrogens with zero attached hydrogens (tertiary/aromatic N) is 2. The summed E-state index contributed by atoms with van der Waals surface area (Å²) in [5.41, 5.74) is 0.747. The Bertz CT molecular complexity index is 225. The first-order valence-electron chi connectivity index (χ1n) is 4.06. The zero-order chi connectivity index (χ0) is 8.81. The van der Waals surface area contributed by atoms with Crippen molar-refractivity contribution in [3.8, 4) is 0 Å². The fraction of sp³-hybridized carbons (Fsp3) is 0.625. The first-order valence-corrected chi connectivity index (χ1v) is 5.21. The van der Waals surface area contributed by atoms with Crippen molar-refractivity contribution >= 4 is 11.8 Å². The van der Waals surface area contributed by atoms with Crippen LogP contribution in [0.4, 0.5) is 0 Å². The minimum atomic E-state index is 0.0356. The second kappa shape index (κ2) is 5.22. The van der Waals surface area contributed by atoms with Crippen LogP contribution >= 0.6 is 11.8 Å². The molecule has 12 heavy (non-hydrogen) atoms. The van der Waals surface area contributed by atoms with Crippen molar-refractivity contribution in [2.75, 3.05) is 11.5 Å². The molecule has 0 fully saturated rings. The Morgan fingerprint density at radius 1 is 1.67 bits per heavy atom. The number of aryl methyl sites for hydroxylation is 1. The third-order valence-electron chi connectivity index (χ3n) is 1.55. The monoisotopic (exact) mass is 186 g/mol. The van der Waals surface area contributed by atoms with Gasteiger partial charge in [0.15, 0.2) is 0 Å². The van der Waals surface area contributed by atoms with E-state index in [4.69, 9.17) is 5.11 Å². The van der Waals surface area contributed by atoms with Crippen molar-refractivity contribution < 1.29 is 5.11 Å². The normalized spacial score (nSPS) is 10.5. The van der Waals surface area contributed by atoms with Crippen LogP contribution in [0.15, 0.2) is 12.5 Å². The van der Waals surface area contributed by atoms with Crippen molar-refractivity contribution in [3.05, 3.63) is 18.2 Å². The average molecular weight is 186 g/mol. The van der Waals surface area contributed by atoms with Crippen molar-refractivity contribution in [2.24, 2.45) is 0 Å². The van der Waals surface area contributed by atoms with Gasteiger partial charge in [0.05, 0.1) is 18.6 Å². The van der Waals surface area contributed by atoms with E-state index in [2.05, 4.69) is 11.9 Å². The smallest absolute Gasteiger partial charge is 0.0950 e. The van der Waals surface area contributed by atoms with Gasteiger partial charge in [0.2, 0.25) is 0 Å². The molecule has 1 aromatic rings. The van der Waals surface area contributed by atoms with Gasteiger partial charge in [-0.1, -0.05) is 6.92 Å². The van der Waals surface area contributed by atoms with Crippen LogP contribution in [0.25, 0.3) is 0 Å². The van der Waals surface area contributed by atoms with Gasteiger partial charge < -0.3 is 9.67 Å². The van der Waals surface area contributed by atoms with Gasteiger partial charge in [0, 0.05) is 18.5 Å². The van der Waals surface area contributed by atoms with Crippen LogP contribution in [0, 0.1) is 0 Å². The van der Waals surface area contributed by atoms with E-state index in [9.17, 15) is 0 Å². The van der Waals surface area contributed by atoms with E-state index in [1.165, 1.54) is 0 Å². The molecule has 0 amide bonds. The largest absolute Gasteiger partial charge is 0.390 e. The Morgan fingerprint density at radius 3 is 3.08 bits per heavy atom. The Balaban J connectivity index is 2.31. The first-order chi connectivity index (χ1) is 5.86. The van der Waals surface area contributed by atoms with Crippen LogP contribution < -0.4 is 0 Å². The maximum absolute atomic E-state index is 8.74. The summed E-state index contributed by atoms with van der Waals surface area (Å²) in [6, 6.07) is 0. The van der Waals surface area contributed by atoms with Crippen LogP contribution in [-0.4, -0.2) is 26.2 Å². The van der Waals surface area contributed by atoms with Crippen LogP contribution in [-0.2, 0) is 13.2 Å². The summed E-state index contributed by atoms with van der Waals surface area (Å²) in [4.78, 5) is 4.02. The third-order valence-corrected chi connectivity index (χ3v) is 2.43. The Kier molecular flexibility index (Phi) is 4.18. The van der Waals surface area contributed by atoms with Crippen LogP contribution in [0.2, 0.25) is 0 Å². The molecule has 1 heterocycles. The highest BCUT2D eigenvalue weighted by atomic mass is 32.2. The van der Waals surface area contributed by atoms with E-state index in [0.29, 0.717) is 0 Å². The minimum absolute atomic E-state index is 0.0356. The molecule has 1 aromatic heterocycles. The predicted molar refractivity (Wildman–Crippen MR) is 51.1 cm³/mol. The second-order valence-electron chi connectivity index (χ2n) is 2.46. The molecule has 0 bridgehead atoms. The molecule has 0 aliphatic rings. The van der Waals surface area contributed by atoms with Crippen LogP contribution in [0.5, 0.6) is 0 Å². The molecule has 68 valence electrons. The van der Waals surface area contributed by atoms with E-state index in [-0.39, 0.29) is 6.61 Å². The quantitative estimate of drug-likeness (QED) is 0.700. The second-order valence-corrected chi connectivity index (χ2v) is 3.85. The molecule has 0 spiro atoms. The lowest BCUT2D eigenvalue weighted by Gasteiger charge is -1.98. The molecular formula is C8H14N2OS. The van der Waals surface area contributed by atoms with E-state index in [0.717, 1.165) is 23.7 Å². The highest BCUT2D eigenvalue weighted by Gasteiger charge is 1.95. The van der Waals surface area contributed by atoms with Crippen LogP contribution in [0.1, 0.15) is 12.6 Å². The summed E-state index contributed by atoms with van der Waals surface area (Å²) in [6.45, 7) is 3.16. The Labute approximate surface area is 76.8 Å². The zero-order valence-electron chi connectivity index (χ0n) is 7.23. The lowest BCUT2D eigenvalue weighted by Crippen LogP contribution is -1.97. The van der Waals surface area contributed by atoms with Crippen LogP contribution in [0.3, 0.4) is 0 Å².